The topological polar surface area (TPSA) is 98.3 Å². The van der Waals surface area contributed by atoms with Crippen molar-refractivity contribution in [3.63, 3.8) is 0 Å². The van der Waals surface area contributed by atoms with E-state index in [0.717, 1.165) is 31.6 Å². The Morgan fingerprint density at radius 1 is 1.42 bits per heavy atom. The molecule has 1 aliphatic heterocycles. The van der Waals surface area contributed by atoms with Crippen molar-refractivity contribution in [2.45, 2.75) is 31.9 Å². The average molecular weight is 334 g/mol. The van der Waals surface area contributed by atoms with Gasteiger partial charge in [-0.3, -0.25) is 4.79 Å². The summed E-state index contributed by atoms with van der Waals surface area (Å²) in [6.07, 6.45) is 3.31. The maximum Gasteiger partial charge on any atom is 0.321 e. The highest BCUT2D eigenvalue weighted by molar-refractivity contribution is 5.39. The Bertz CT molecular complexity index is 728. The summed E-state index contributed by atoms with van der Waals surface area (Å²) in [4.78, 5) is 18.0. The number of nitrogens with zero attached hydrogens (tertiary/aromatic N) is 5. The smallest absolute Gasteiger partial charge is 0.321 e. The highest BCUT2D eigenvalue weighted by atomic mass is 16.5. The molecule has 0 bridgehead atoms. The number of hydrogen-bond donors (Lipinski definition) is 1. The van der Waals surface area contributed by atoms with Gasteiger partial charge in [-0.1, -0.05) is 5.16 Å². The number of piperidine rings is 1. The van der Waals surface area contributed by atoms with Crippen LogP contribution in [0.25, 0.3) is 0 Å². The van der Waals surface area contributed by atoms with Crippen molar-refractivity contribution in [1.82, 2.24) is 19.9 Å². The minimum atomic E-state index is -0.109. The van der Waals surface area contributed by atoms with E-state index < -0.39 is 0 Å². The molecule has 24 heavy (non-hydrogen) atoms. The van der Waals surface area contributed by atoms with Crippen molar-refractivity contribution >= 4 is 11.8 Å². The fourth-order valence-electron chi connectivity index (χ4n) is 2.88. The van der Waals surface area contributed by atoms with Crippen molar-refractivity contribution < 1.29 is 9.26 Å². The zero-order chi connectivity index (χ0) is 16.9. The molecule has 3 rings (SSSR count). The first-order valence-corrected chi connectivity index (χ1v) is 8.04. The highest BCUT2D eigenvalue weighted by Crippen LogP contribution is 2.22. The SMILES string of the molecule is COCc1noc(NCC2CCCCN2c2ccc(=O)n(C)n2)n1. The van der Waals surface area contributed by atoms with Gasteiger partial charge in [-0.25, -0.2) is 4.68 Å². The molecule has 0 radical (unpaired) electrons. The van der Waals surface area contributed by atoms with Gasteiger partial charge in [0, 0.05) is 39.4 Å². The summed E-state index contributed by atoms with van der Waals surface area (Å²) in [5.74, 6) is 1.33. The summed E-state index contributed by atoms with van der Waals surface area (Å²) in [5.41, 5.74) is -0.109. The fourth-order valence-corrected chi connectivity index (χ4v) is 2.88. The predicted octanol–water partition coefficient (Wildman–Crippen LogP) is 0.781. The van der Waals surface area contributed by atoms with Crippen molar-refractivity contribution in [3.05, 3.63) is 28.3 Å². The van der Waals surface area contributed by atoms with E-state index >= 15 is 0 Å². The van der Waals surface area contributed by atoms with E-state index in [-0.39, 0.29) is 11.6 Å². The second kappa shape index (κ2) is 7.43. The van der Waals surface area contributed by atoms with Gasteiger partial charge in [0.05, 0.1) is 0 Å². The van der Waals surface area contributed by atoms with E-state index in [2.05, 4.69) is 25.5 Å². The lowest BCUT2D eigenvalue weighted by Crippen LogP contribution is -2.44. The van der Waals surface area contributed by atoms with Crippen molar-refractivity contribution in [1.29, 1.82) is 0 Å². The Morgan fingerprint density at radius 2 is 2.29 bits per heavy atom. The number of aromatic nitrogens is 4. The van der Waals surface area contributed by atoms with Crippen LogP contribution in [0.4, 0.5) is 11.8 Å². The molecular formula is C15H22N6O3. The highest BCUT2D eigenvalue weighted by Gasteiger charge is 2.24. The third-order valence-electron chi connectivity index (χ3n) is 4.10. The van der Waals surface area contributed by atoms with E-state index in [4.69, 9.17) is 9.26 Å². The van der Waals surface area contributed by atoms with Crippen LogP contribution < -0.4 is 15.8 Å². The summed E-state index contributed by atoms with van der Waals surface area (Å²) in [7, 11) is 3.25. The van der Waals surface area contributed by atoms with Gasteiger partial charge >= 0.3 is 6.01 Å². The standard InChI is InChI=1S/C15H22N6O3/c1-20-14(22)7-6-13(18-20)21-8-4-3-5-11(21)9-16-15-17-12(10-23-2)19-24-15/h6-7,11H,3-5,8-10H2,1-2H3,(H,16,17,19). The Hall–Kier alpha value is -2.42. The summed E-state index contributed by atoms with van der Waals surface area (Å²) >= 11 is 0. The molecule has 0 saturated carbocycles. The normalized spacial score (nSPS) is 17.9. The molecule has 9 nitrogen and oxygen atoms in total. The number of aryl methyl sites for hydroxylation is 1. The van der Waals surface area contributed by atoms with Gasteiger partial charge < -0.3 is 19.5 Å². The van der Waals surface area contributed by atoms with Crippen LogP contribution in [0.2, 0.25) is 0 Å². The van der Waals surface area contributed by atoms with Gasteiger partial charge in [0.25, 0.3) is 5.56 Å². The molecule has 0 aromatic carbocycles. The number of rotatable bonds is 6. The average Bonchev–Trinajstić information content (AvgIpc) is 3.04. The first-order chi connectivity index (χ1) is 11.7. The monoisotopic (exact) mass is 334 g/mol. The van der Waals surface area contributed by atoms with E-state index in [1.807, 2.05) is 0 Å². The Labute approximate surface area is 139 Å². The molecule has 2 aromatic rings. The van der Waals surface area contributed by atoms with E-state index in [9.17, 15) is 4.79 Å². The third kappa shape index (κ3) is 3.73. The molecule has 1 saturated heterocycles. The van der Waals surface area contributed by atoms with Crippen molar-refractivity contribution in [2.75, 3.05) is 30.4 Å². The van der Waals surface area contributed by atoms with Gasteiger partial charge in [0.1, 0.15) is 12.4 Å². The Balaban J connectivity index is 1.67. The number of hydrogen-bond acceptors (Lipinski definition) is 8. The summed E-state index contributed by atoms with van der Waals surface area (Å²) in [6, 6.07) is 3.98. The zero-order valence-corrected chi connectivity index (χ0v) is 13.9. The molecule has 2 aromatic heterocycles. The van der Waals surface area contributed by atoms with Crippen LogP contribution in [0.1, 0.15) is 25.1 Å². The van der Waals surface area contributed by atoms with Gasteiger partial charge in [-0.2, -0.15) is 10.1 Å². The van der Waals surface area contributed by atoms with E-state index in [1.54, 1.807) is 26.3 Å². The quantitative estimate of drug-likeness (QED) is 0.827. The van der Waals surface area contributed by atoms with Crippen LogP contribution >= 0.6 is 0 Å². The molecule has 1 fully saturated rings. The van der Waals surface area contributed by atoms with E-state index in [1.165, 1.54) is 4.68 Å². The second-order valence-corrected chi connectivity index (χ2v) is 5.83. The second-order valence-electron chi connectivity index (χ2n) is 5.83. The van der Waals surface area contributed by atoms with Crippen LogP contribution in [0.15, 0.2) is 21.5 Å². The maximum absolute atomic E-state index is 11.5. The Morgan fingerprint density at radius 3 is 3.08 bits per heavy atom. The molecule has 1 unspecified atom stereocenters. The molecule has 0 spiro atoms. The lowest BCUT2D eigenvalue weighted by atomic mass is 10.0. The van der Waals surface area contributed by atoms with Gasteiger partial charge in [0.15, 0.2) is 5.82 Å². The van der Waals surface area contributed by atoms with Crippen molar-refractivity contribution in [3.8, 4) is 0 Å². The lowest BCUT2D eigenvalue weighted by molar-refractivity contribution is 0.174. The largest absolute Gasteiger partial charge is 0.377 e. The number of nitrogens with one attached hydrogen (secondary N) is 1. The van der Waals surface area contributed by atoms with Crippen LogP contribution in [-0.2, 0) is 18.4 Å². The van der Waals surface area contributed by atoms with Crippen LogP contribution in [0.5, 0.6) is 0 Å². The lowest BCUT2D eigenvalue weighted by Gasteiger charge is -2.36. The Kier molecular flexibility index (Phi) is 5.09. The molecule has 3 heterocycles. The number of methoxy groups -OCH3 is 1. The minimum absolute atomic E-state index is 0.109. The molecule has 1 aliphatic rings. The van der Waals surface area contributed by atoms with Gasteiger partial charge in [-0.15, -0.1) is 0 Å². The summed E-state index contributed by atoms with van der Waals surface area (Å²) in [5, 5.41) is 11.4. The summed E-state index contributed by atoms with van der Waals surface area (Å²) < 4.78 is 11.5. The molecular weight excluding hydrogens is 312 g/mol. The molecule has 1 N–H and O–H groups in total. The molecule has 130 valence electrons. The zero-order valence-electron chi connectivity index (χ0n) is 13.9. The summed E-state index contributed by atoms with van der Waals surface area (Å²) in [6.45, 7) is 1.90. The molecule has 1 atom stereocenters. The molecule has 0 amide bonds. The van der Waals surface area contributed by atoms with Gasteiger partial charge in [-0.05, 0) is 25.3 Å². The first-order valence-electron chi connectivity index (χ1n) is 8.04. The van der Waals surface area contributed by atoms with Crippen LogP contribution in [-0.4, -0.2) is 46.2 Å². The molecule has 0 aliphatic carbocycles. The van der Waals surface area contributed by atoms with E-state index in [0.29, 0.717) is 25.0 Å². The third-order valence-corrected chi connectivity index (χ3v) is 4.10. The van der Waals surface area contributed by atoms with Gasteiger partial charge in [0.2, 0.25) is 0 Å². The minimum Gasteiger partial charge on any atom is -0.377 e. The maximum atomic E-state index is 11.5. The molecule has 9 heteroatoms. The first kappa shape index (κ1) is 16.4. The fraction of sp³-hybridized carbons (Fsp3) is 0.600. The van der Waals surface area contributed by atoms with Crippen LogP contribution in [0, 0.1) is 0 Å². The van der Waals surface area contributed by atoms with Crippen LogP contribution in [0.3, 0.4) is 0 Å². The number of ether oxygens (including phenoxy) is 1. The number of anilines is 2. The van der Waals surface area contributed by atoms with Crippen molar-refractivity contribution in [2.24, 2.45) is 7.05 Å². The predicted molar refractivity (Wildman–Crippen MR) is 88.0 cm³/mol.